The quantitative estimate of drug-likeness (QED) is 0.877. The van der Waals surface area contributed by atoms with Crippen molar-refractivity contribution in [3.63, 3.8) is 0 Å². The SMILES string of the molecule is CNc1ccccc1S(=O)(=O)NC1CCC(SC)CC1. The molecule has 2 rings (SSSR count). The normalized spacial score (nSPS) is 23.5. The first kappa shape index (κ1) is 15.7. The van der Waals surface area contributed by atoms with Crippen LogP contribution in [0, 0.1) is 0 Å². The van der Waals surface area contributed by atoms with Gasteiger partial charge in [0.2, 0.25) is 10.0 Å². The smallest absolute Gasteiger partial charge is 0.242 e. The van der Waals surface area contributed by atoms with E-state index in [4.69, 9.17) is 0 Å². The van der Waals surface area contributed by atoms with E-state index in [1.165, 1.54) is 0 Å². The van der Waals surface area contributed by atoms with Gasteiger partial charge >= 0.3 is 0 Å². The highest BCUT2D eigenvalue weighted by molar-refractivity contribution is 7.99. The molecule has 0 bridgehead atoms. The third kappa shape index (κ3) is 3.68. The van der Waals surface area contributed by atoms with Gasteiger partial charge in [-0.25, -0.2) is 13.1 Å². The Bertz CT molecular complexity index is 538. The molecule has 0 heterocycles. The van der Waals surface area contributed by atoms with Crippen molar-refractivity contribution in [3.05, 3.63) is 24.3 Å². The second kappa shape index (κ2) is 6.83. The summed E-state index contributed by atoms with van der Waals surface area (Å²) < 4.78 is 27.8. The topological polar surface area (TPSA) is 58.2 Å². The number of nitrogens with one attached hydrogen (secondary N) is 2. The largest absolute Gasteiger partial charge is 0.387 e. The maximum atomic E-state index is 12.5. The van der Waals surface area contributed by atoms with Gasteiger partial charge < -0.3 is 5.32 Å². The standard InChI is InChI=1S/C14H22N2O2S2/c1-15-13-5-3-4-6-14(13)20(17,18)16-11-7-9-12(19-2)10-8-11/h3-6,11-12,15-16H,7-10H2,1-2H3. The average molecular weight is 314 g/mol. The van der Waals surface area contributed by atoms with Crippen molar-refractivity contribution < 1.29 is 8.42 Å². The molecule has 0 aliphatic heterocycles. The first-order valence-electron chi connectivity index (χ1n) is 6.88. The van der Waals surface area contributed by atoms with Gasteiger partial charge in [0.25, 0.3) is 0 Å². The fourth-order valence-electron chi connectivity index (χ4n) is 2.61. The Kier molecular flexibility index (Phi) is 5.35. The van der Waals surface area contributed by atoms with Crippen LogP contribution < -0.4 is 10.0 Å². The second-order valence-electron chi connectivity index (χ2n) is 5.08. The minimum atomic E-state index is -3.45. The summed E-state index contributed by atoms with van der Waals surface area (Å²) in [6.07, 6.45) is 6.14. The molecule has 0 saturated heterocycles. The van der Waals surface area contributed by atoms with Crippen molar-refractivity contribution >= 4 is 27.5 Å². The van der Waals surface area contributed by atoms with Crippen LogP contribution in [0.15, 0.2) is 29.2 Å². The van der Waals surface area contributed by atoms with Gasteiger partial charge in [-0.3, -0.25) is 0 Å². The van der Waals surface area contributed by atoms with E-state index in [1.54, 1.807) is 25.2 Å². The predicted octanol–water partition coefficient (Wildman–Crippen LogP) is 2.68. The molecule has 1 fully saturated rings. The Hall–Kier alpha value is -0.720. The van der Waals surface area contributed by atoms with E-state index in [0.717, 1.165) is 25.7 Å². The van der Waals surface area contributed by atoms with E-state index >= 15 is 0 Å². The molecule has 1 saturated carbocycles. The first-order chi connectivity index (χ1) is 9.56. The molecular weight excluding hydrogens is 292 g/mol. The van der Waals surface area contributed by atoms with Gasteiger partial charge in [-0.05, 0) is 44.1 Å². The van der Waals surface area contributed by atoms with Gasteiger partial charge in [0.1, 0.15) is 4.90 Å². The number of hydrogen-bond acceptors (Lipinski definition) is 4. The van der Waals surface area contributed by atoms with Gasteiger partial charge in [0, 0.05) is 18.3 Å². The minimum absolute atomic E-state index is 0.0633. The van der Waals surface area contributed by atoms with Crippen LogP contribution in [0.4, 0.5) is 5.69 Å². The van der Waals surface area contributed by atoms with E-state index in [1.807, 2.05) is 17.8 Å². The monoisotopic (exact) mass is 314 g/mol. The molecule has 4 nitrogen and oxygen atoms in total. The lowest BCUT2D eigenvalue weighted by Crippen LogP contribution is -2.38. The molecule has 112 valence electrons. The number of anilines is 1. The number of rotatable bonds is 5. The van der Waals surface area contributed by atoms with E-state index in [2.05, 4.69) is 16.3 Å². The van der Waals surface area contributed by atoms with Crippen molar-refractivity contribution in [1.82, 2.24) is 4.72 Å². The lowest BCUT2D eigenvalue weighted by molar-refractivity contribution is 0.420. The highest BCUT2D eigenvalue weighted by Gasteiger charge is 2.26. The van der Waals surface area contributed by atoms with Crippen molar-refractivity contribution in [2.45, 2.75) is 41.9 Å². The molecule has 20 heavy (non-hydrogen) atoms. The molecule has 1 aromatic carbocycles. The van der Waals surface area contributed by atoms with Crippen molar-refractivity contribution in [2.75, 3.05) is 18.6 Å². The van der Waals surface area contributed by atoms with E-state index in [-0.39, 0.29) is 6.04 Å². The predicted molar refractivity (Wildman–Crippen MR) is 85.9 cm³/mol. The average Bonchev–Trinajstić information content (AvgIpc) is 2.47. The van der Waals surface area contributed by atoms with Crippen molar-refractivity contribution in [3.8, 4) is 0 Å². The Morgan fingerprint density at radius 2 is 1.80 bits per heavy atom. The van der Waals surface area contributed by atoms with Crippen LogP contribution in [0.5, 0.6) is 0 Å². The zero-order valence-electron chi connectivity index (χ0n) is 11.9. The molecule has 0 amide bonds. The number of sulfonamides is 1. The molecular formula is C14H22N2O2S2. The molecule has 0 unspecified atom stereocenters. The van der Waals surface area contributed by atoms with Crippen molar-refractivity contribution in [2.24, 2.45) is 0 Å². The molecule has 0 radical (unpaired) electrons. The fourth-order valence-corrected chi connectivity index (χ4v) is 4.87. The van der Waals surface area contributed by atoms with E-state index in [9.17, 15) is 8.42 Å². The molecule has 0 atom stereocenters. The van der Waals surface area contributed by atoms with Gasteiger partial charge in [-0.15, -0.1) is 0 Å². The maximum Gasteiger partial charge on any atom is 0.242 e. The fraction of sp³-hybridized carbons (Fsp3) is 0.571. The highest BCUT2D eigenvalue weighted by atomic mass is 32.2. The maximum absolute atomic E-state index is 12.5. The second-order valence-corrected chi connectivity index (χ2v) is 7.90. The third-order valence-electron chi connectivity index (χ3n) is 3.78. The number of thioether (sulfide) groups is 1. The summed E-state index contributed by atoms with van der Waals surface area (Å²) in [4.78, 5) is 0.328. The summed E-state index contributed by atoms with van der Waals surface area (Å²) in [5.74, 6) is 0. The first-order valence-corrected chi connectivity index (χ1v) is 9.66. The molecule has 1 aromatic rings. The van der Waals surface area contributed by atoms with Crippen LogP contribution in [0.1, 0.15) is 25.7 Å². The van der Waals surface area contributed by atoms with Crippen LogP contribution in [0.2, 0.25) is 0 Å². The van der Waals surface area contributed by atoms with E-state index < -0.39 is 10.0 Å². The Morgan fingerprint density at radius 3 is 2.40 bits per heavy atom. The summed E-state index contributed by atoms with van der Waals surface area (Å²) in [5.41, 5.74) is 0.637. The molecule has 6 heteroatoms. The zero-order valence-corrected chi connectivity index (χ0v) is 13.6. The summed E-state index contributed by atoms with van der Waals surface area (Å²) in [7, 11) is -1.71. The summed E-state index contributed by atoms with van der Waals surface area (Å²) in [6.45, 7) is 0. The van der Waals surface area contributed by atoms with Gasteiger partial charge in [0.15, 0.2) is 0 Å². The zero-order chi connectivity index (χ0) is 14.6. The van der Waals surface area contributed by atoms with Gasteiger partial charge in [-0.2, -0.15) is 11.8 Å². The van der Waals surface area contributed by atoms with Crippen molar-refractivity contribution in [1.29, 1.82) is 0 Å². The molecule has 0 aromatic heterocycles. The number of hydrogen-bond donors (Lipinski definition) is 2. The summed E-state index contributed by atoms with van der Waals surface area (Å²) in [5, 5.41) is 3.61. The third-order valence-corrected chi connectivity index (χ3v) is 6.49. The van der Waals surface area contributed by atoms with Crippen LogP contribution in [-0.4, -0.2) is 33.0 Å². The number of benzene rings is 1. The summed E-state index contributed by atoms with van der Waals surface area (Å²) >= 11 is 1.88. The van der Waals surface area contributed by atoms with Crippen LogP contribution >= 0.6 is 11.8 Å². The Labute approximate surface area is 125 Å². The molecule has 2 N–H and O–H groups in total. The molecule has 1 aliphatic rings. The summed E-state index contributed by atoms with van der Waals surface area (Å²) in [6, 6.07) is 7.06. The Morgan fingerprint density at radius 1 is 1.15 bits per heavy atom. The minimum Gasteiger partial charge on any atom is -0.387 e. The van der Waals surface area contributed by atoms with Gasteiger partial charge in [0.05, 0.1) is 5.69 Å². The molecule has 1 aliphatic carbocycles. The van der Waals surface area contributed by atoms with Crippen LogP contribution in [0.3, 0.4) is 0 Å². The molecule has 0 spiro atoms. The van der Waals surface area contributed by atoms with E-state index in [0.29, 0.717) is 15.8 Å². The Balaban J connectivity index is 2.08. The number of para-hydroxylation sites is 1. The lowest BCUT2D eigenvalue weighted by Gasteiger charge is -2.28. The highest BCUT2D eigenvalue weighted by Crippen LogP contribution is 2.28. The van der Waals surface area contributed by atoms with Crippen LogP contribution in [-0.2, 0) is 10.0 Å². The van der Waals surface area contributed by atoms with Gasteiger partial charge in [-0.1, -0.05) is 12.1 Å². The lowest BCUT2D eigenvalue weighted by atomic mass is 9.96. The van der Waals surface area contributed by atoms with Crippen LogP contribution in [0.25, 0.3) is 0 Å².